The molecule has 0 spiro atoms. The van der Waals surface area contributed by atoms with Crippen LogP contribution < -0.4 is 5.56 Å². The molecule has 0 saturated heterocycles. The predicted octanol–water partition coefficient (Wildman–Crippen LogP) is 3.62. The molecule has 0 saturated carbocycles. The third-order valence-electron chi connectivity index (χ3n) is 3.18. The molecule has 0 amide bonds. The Morgan fingerprint density at radius 2 is 2.24 bits per heavy atom. The number of aromatic nitrogens is 3. The first-order valence-electron chi connectivity index (χ1n) is 6.75. The smallest absolute Gasteiger partial charge is 0.261 e. The Morgan fingerprint density at radius 1 is 1.38 bits per heavy atom. The van der Waals surface area contributed by atoms with Crippen molar-refractivity contribution in [2.75, 3.05) is 0 Å². The van der Waals surface area contributed by atoms with Gasteiger partial charge in [-0.15, -0.1) is 11.3 Å². The van der Waals surface area contributed by atoms with Crippen molar-refractivity contribution in [3.8, 4) is 0 Å². The van der Waals surface area contributed by atoms with E-state index in [2.05, 4.69) is 32.8 Å². The number of hydrogen-bond acceptors (Lipinski definition) is 4. The van der Waals surface area contributed by atoms with Crippen molar-refractivity contribution in [2.24, 2.45) is 0 Å². The van der Waals surface area contributed by atoms with Crippen molar-refractivity contribution < 1.29 is 0 Å². The summed E-state index contributed by atoms with van der Waals surface area (Å²) in [5.74, 6) is 0. The second kappa shape index (κ2) is 6.07. The molecule has 0 N–H and O–H groups in total. The van der Waals surface area contributed by atoms with Crippen LogP contribution in [0.3, 0.4) is 0 Å². The van der Waals surface area contributed by atoms with E-state index < -0.39 is 0 Å². The summed E-state index contributed by atoms with van der Waals surface area (Å²) in [6, 6.07) is 5.51. The lowest BCUT2D eigenvalue weighted by Gasteiger charge is -2.05. The van der Waals surface area contributed by atoms with E-state index in [1.54, 1.807) is 28.3 Å². The first kappa shape index (κ1) is 14.4. The largest absolute Gasteiger partial charge is 0.293 e. The van der Waals surface area contributed by atoms with Gasteiger partial charge in [0.1, 0.15) is 0 Å². The number of hydrogen-bond donors (Lipinski definition) is 0. The monoisotopic (exact) mass is 363 g/mol. The molecule has 108 valence electrons. The Bertz CT molecular complexity index is 840. The van der Waals surface area contributed by atoms with Crippen LogP contribution in [0.1, 0.15) is 24.0 Å². The van der Waals surface area contributed by atoms with E-state index >= 15 is 0 Å². The van der Waals surface area contributed by atoms with Gasteiger partial charge >= 0.3 is 0 Å². The molecule has 0 radical (unpaired) electrons. The van der Waals surface area contributed by atoms with E-state index in [4.69, 9.17) is 0 Å². The number of thiazole rings is 1. The van der Waals surface area contributed by atoms with Crippen LogP contribution in [0.15, 0.2) is 39.2 Å². The molecule has 2 aromatic heterocycles. The topological polar surface area (TPSA) is 47.8 Å². The zero-order chi connectivity index (χ0) is 14.8. The highest BCUT2D eigenvalue weighted by molar-refractivity contribution is 9.10. The Kier molecular flexibility index (Phi) is 4.17. The molecule has 0 aliphatic heterocycles. The van der Waals surface area contributed by atoms with Gasteiger partial charge in [0.15, 0.2) is 0 Å². The average molecular weight is 364 g/mol. The minimum atomic E-state index is -0.0301. The van der Waals surface area contributed by atoms with Crippen LogP contribution in [0, 0.1) is 0 Å². The molecule has 0 aliphatic rings. The summed E-state index contributed by atoms with van der Waals surface area (Å²) in [6.45, 7) is 2.61. The molecule has 0 atom stereocenters. The minimum Gasteiger partial charge on any atom is -0.293 e. The van der Waals surface area contributed by atoms with Gasteiger partial charge in [-0.25, -0.2) is 9.97 Å². The molecule has 0 fully saturated rings. The summed E-state index contributed by atoms with van der Waals surface area (Å²) in [7, 11) is 0. The fourth-order valence-electron chi connectivity index (χ4n) is 2.17. The summed E-state index contributed by atoms with van der Waals surface area (Å²) in [6.07, 6.45) is 3.67. The van der Waals surface area contributed by atoms with Crippen molar-refractivity contribution in [2.45, 2.75) is 26.3 Å². The SMILES string of the molecule is CCCc1nc(Cn2cnc3cc(Br)ccc3c2=O)cs1. The quantitative estimate of drug-likeness (QED) is 0.711. The second-order valence-corrected chi connectivity index (χ2v) is 6.68. The van der Waals surface area contributed by atoms with Crippen LogP contribution in [0.2, 0.25) is 0 Å². The van der Waals surface area contributed by atoms with Gasteiger partial charge in [-0.1, -0.05) is 22.9 Å². The highest BCUT2D eigenvalue weighted by atomic mass is 79.9. The Balaban J connectivity index is 1.95. The van der Waals surface area contributed by atoms with Crippen LogP contribution in [0.5, 0.6) is 0 Å². The first-order chi connectivity index (χ1) is 10.2. The maximum atomic E-state index is 12.5. The molecule has 3 aromatic rings. The predicted molar refractivity (Wildman–Crippen MR) is 88.9 cm³/mol. The standard InChI is InChI=1S/C15H14BrN3OS/c1-2-3-14-18-11(8-21-14)7-19-9-17-13-6-10(16)4-5-12(13)15(19)20/h4-6,8-9H,2-3,7H2,1H3. The van der Waals surface area contributed by atoms with Gasteiger partial charge in [0.05, 0.1) is 34.5 Å². The van der Waals surface area contributed by atoms with Crippen molar-refractivity contribution in [3.63, 3.8) is 0 Å². The summed E-state index contributed by atoms with van der Waals surface area (Å²) >= 11 is 5.04. The van der Waals surface area contributed by atoms with E-state index in [-0.39, 0.29) is 5.56 Å². The van der Waals surface area contributed by atoms with Gasteiger partial charge in [-0.2, -0.15) is 0 Å². The van der Waals surface area contributed by atoms with Crippen molar-refractivity contribution in [1.29, 1.82) is 0 Å². The van der Waals surface area contributed by atoms with Crippen LogP contribution in [-0.4, -0.2) is 14.5 Å². The number of nitrogens with zero attached hydrogens (tertiary/aromatic N) is 3. The van der Waals surface area contributed by atoms with E-state index in [1.807, 2.05) is 17.5 Å². The number of benzene rings is 1. The summed E-state index contributed by atoms with van der Waals surface area (Å²) in [5.41, 5.74) is 1.59. The van der Waals surface area contributed by atoms with E-state index in [0.717, 1.165) is 28.0 Å². The lowest BCUT2D eigenvalue weighted by atomic mass is 10.2. The molecule has 0 bridgehead atoms. The Labute approximate surface area is 134 Å². The minimum absolute atomic E-state index is 0.0301. The molecule has 0 unspecified atom stereocenters. The maximum Gasteiger partial charge on any atom is 0.261 e. The zero-order valence-corrected chi connectivity index (χ0v) is 13.9. The van der Waals surface area contributed by atoms with Crippen LogP contribution in [0.25, 0.3) is 10.9 Å². The second-order valence-electron chi connectivity index (χ2n) is 4.82. The number of fused-ring (bicyclic) bond motifs is 1. The highest BCUT2D eigenvalue weighted by Crippen LogP contribution is 2.16. The van der Waals surface area contributed by atoms with Crippen LogP contribution in [0.4, 0.5) is 0 Å². The molecule has 0 aliphatic carbocycles. The normalized spacial score (nSPS) is 11.1. The van der Waals surface area contributed by atoms with Crippen molar-refractivity contribution in [1.82, 2.24) is 14.5 Å². The third kappa shape index (κ3) is 3.06. The summed E-state index contributed by atoms with van der Waals surface area (Å²) in [4.78, 5) is 21.4. The third-order valence-corrected chi connectivity index (χ3v) is 4.63. The number of aryl methyl sites for hydroxylation is 1. The summed E-state index contributed by atoms with van der Waals surface area (Å²) < 4.78 is 2.53. The Hall–Kier alpha value is -1.53. The van der Waals surface area contributed by atoms with Crippen molar-refractivity contribution in [3.05, 3.63) is 55.4 Å². The van der Waals surface area contributed by atoms with Gasteiger partial charge in [-0.05, 0) is 31.0 Å². The van der Waals surface area contributed by atoms with E-state index in [1.165, 1.54) is 0 Å². The van der Waals surface area contributed by atoms with Gasteiger partial charge in [0.25, 0.3) is 5.56 Å². The van der Waals surface area contributed by atoms with Crippen LogP contribution in [-0.2, 0) is 13.0 Å². The molecule has 21 heavy (non-hydrogen) atoms. The molecule has 1 aromatic carbocycles. The number of rotatable bonds is 4. The lowest BCUT2D eigenvalue weighted by Crippen LogP contribution is -2.21. The molecule has 3 rings (SSSR count). The van der Waals surface area contributed by atoms with Crippen LogP contribution >= 0.6 is 27.3 Å². The highest BCUT2D eigenvalue weighted by Gasteiger charge is 2.07. The van der Waals surface area contributed by atoms with Crippen molar-refractivity contribution >= 4 is 38.2 Å². The lowest BCUT2D eigenvalue weighted by molar-refractivity contribution is 0.729. The van der Waals surface area contributed by atoms with Gasteiger partial charge in [0.2, 0.25) is 0 Å². The molecular weight excluding hydrogens is 350 g/mol. The molecule has 2 heterocycles. The number of halogens is 1. The zero-order valence-electron chi connectivity index (χ0n) is 11.5. The van der Waals surface area contributed by atoms with Gasteiger partial charge in [-0.3, -0.25) is 9.36 Å². The summed E-state index contributed by atoms with van der Waals surface area (Å²) in [5, 5.41) is 3.77. The van der Waals surface area contributed by atoms with E-state index in [9.17, 15) is 4.79 Å². The first-order valence-corrected chi connectivity index (χ1v) is 8.42. The Morgan fingerprint density at radius 3 is 3.05 bits per heavy atom. The van der Waals surface area contributed by atoms with E-state index in [0.29, 0.717) is 17.4 Å². The average Bonchev–Trinajstić information content (AvgIpc) is 2.90. The van der Waals surface area contributed by atoms with Gasteiger partial charge < -0.3 is 0 Å². The fraction of sp³-hybridized carbons (Fsp3) is 0.267. The molecule has 4 nitrogen and oxygen atoms in total. The maximum absolute atomic E-state index is 12.5. The molecule has 6 heteroatoms. The molecular formula is C15H14BrN3OS. The van der Waals surface area contributed by atoms with Gasteiger partial charge in [0, 0.05) is 9.85 Å². The fourth-order valence-corrected chi connectivity index (χ4v) is 3.41.